The molecular formula is C15H27NO. The molecule has 6 atom stereocenters. The zero-order chi connectivity index (χ0) is 11.8. The Hall–Kier alpha value is -0.0800. The number of hydrogen-bond donors (Lipinski definition) is 1. The highest BCUT2D eigenvalue weighted by atomic mass is 16.5. The highest BCUT2D eigenvalue weighted by Crippen LogP contribution is 2.58. The quantitative estimate of drug-likeness (QED) is 0.794. The van der Waals surface area contributed by atoms with Gasteiger partial charge in [-0.25, -0.2) is 0 Å². The van der Waals surface area contributed by atoms with E-state index in [-0.39, 0.29) is 0 Å². The molecule has 17 heavy (non-hydrogen) atoms. The Labute approximate surface area is 105 Å². The summed E-state index contributed by atoms with van der Waals surface area (Å²) in [5, 5.41) is 3.83. The molecule has 6 unspecified atom stereocenters. The van der Waals surface area contributed by atoms with E-state index in [2.05, 4.69) is 19.2 Å². The molecule has 2 nitrogen and oxygen atoms in total. The van der Waals surface area contributed by atoms with Gasteiger partial charge in [-0.2, -0.15) is 0 Å². The van der Waals surface area contributed by atoms with Crippen LogP contribution < -0.4 is 5.32 Å². The number of rotatable bonds is 5. The molecular weight excluding hydrogens is 210 g/mol. The van der Waals surface area contributed by atoms with Crippen LogP contribution in [0.15, 0.2) is 0 Å². The van der Waals surface area contributed by atoms with Gasteiger partial charge in [0.15, 0.2) is 0 Å². The van der Waals surface area contributed by atoms with Crippen molar-refractivity contribution < 1.29 is 4.74 Å². The van der Waals surface area contributed by atoms with Crippen LogP contribution in [0.3, 0.4) is 0 Å². The first-order valence-electron chi connectivity index (χ1n) is 7.63. The molecule has 0 spiro atoms. The average Bonchev–Trinajstić information content (AvgIpc) is 2.96. The van der Waals surface area contributed by atoms with Crippen molar-refractivity contribution in [2.45, 2.75) is 58.0 Å². The molecule has 98 valence electrons. The van der Waals surface area contributed by atoms with Gasteiger partial charge in [-0.1, -0.05) is 6.42 Å². The molecule has 0 amide bonds. The van der Waals surface area contributed by atoms with Crippen molar-refractivity contribution in [3.05, 3.63) is 0 Å². The Morgan fingerprint density at radius 3 is 2.82 bits per heavy atom. The molecule has 0 radical (unpaired) electrons. The van der Waals surface area contributed by atoms with Gasteiger partial charge < -0.3 is 10.1 Å². The van der Waals surface area contributed by atoms with Crippen molar-refractivity contribution in [1.29, 1.82) is 0 Å². The van der Waals surface area contributed by atoms with Gasteiger partial charge in [-0.15, -0.1) is 0 Å². The van der Waals surface area contributed by atoms with Crippen LogP contribution in [0, 0.1) is 23.7 Å². The van der Waals surface area contributed by atoms with Crippen molar-refractivity contribution in [3.8, 4) is 0 Å². The third-order valence-electron chi connectivity index (χ3n) is 5.50. The molecule has 1 N–H and O–H groups in total. The molecule has 2 bridgehead atoms. The SMILES string of the molecule is CCOCC(C)NC1CC2CC1C1CCCC21. The molecule has 3 saturated carbocycles. The second kappa shape index (κ2) is 4.89. The van der Waals surface area contributed by atoms with E-state index in [0.717, 1.165) is 42.9 Å². The van der Waals surface area contributed by atoms with E-state index in [9.17, 15) is 0 Å². The fourth-order valence-corrected chi connectivity index (χ4v) is 4.97. The standard InChI is InChI=1S/C15H27NO/c1-3-17-9-10(2)16-15-8-11-7-14(15)13-6-4-5-12(11)13/h10-16H,3-9H2,1-2H3. The summed E-state index contributed by atoms with van der Waals surface area (Å²) in [5.74, 6) is 4.24. The van der Waals surface area contributed by atoms with Crippen molar-refractivity contribution >= 4 is 0 Å². The van der Waals surface area contributed by atoms with Gasteiger partial charge in [-0.3, -0.25) is 0 Å². The Morgan fingerprint density at radius 2 is 2.00 bits per heavy atom. The lowest BCUT2D eigenvalue weighted by Crippen LogP contribution is -2.45. The zero-order valence-corrected chi connectivity index (χ0v) is 11.3. The van der Waals surface area contributed by atoms with Crippen LogP contribution in [-0.2, 0) is 4.74 Å². The van der Waals surface area contributed by atoms with Crippen LogP contribution in [0.25, 0.3) is 0 Å². The summed E-state index contributed by atoms with van der Waals surface area (Å²) < 4.78 is 5.51. The van der Waals surface area contributed by atoms with Gasteiger partial charge in [0.25, 0.3) is 0 Å². The van der Waals surface area contributed by atoms with Crippen LogP contribution in [0.1, 0.15) is 46.0 Å². The third kappa shape index (κ3) is 2.15. The summed E-state index contributed by atoms with van der Waals surface area (Å²) in [4.78, 5) is 0. The van der Waals surface area contributed by atoms with Gasteiger partial charge in [0.1, 0.15) is 0 Å². The van der Waals surface area contributed by atoms with Gasteiger partial charge in [0.05, 0.1) is 6.61 Å². The normalized spacial score (nSPS) is 45.2. The van der Waals surface area contributed by atoms with Gasteiger partial charge in [0.2, 0.25) is 0 Å². The molecule has 3 rings (SSSR count). The van der Waals surface area contributed by atoms with Crippen LogP contribution in [0.5, 0.6) is 0 Å². The van der Waals surface area contributed by atoms with E-state index in [1.165, 1.54) is 32.1 Å². The minimum Gasteiger partial charge on any atom is -0.380 e. The Balaban J connectivity index is 1.53. The van der Waals surface area contributed by atoms with Crippen molar-refractivity contribution in [1.82, 2.24) is 5.32 Å². The van der Waals surface area contributed by atoms with E-state index in [0.29, 0.717) is 6.04 Å². The Morgan fingerprint density at radius 1 is 1.18 bits per heavy atom. The Kier molecular flexibility index (Phi) is 3.45. The fourth-order valence-electron chi connectivity index (χ4n) is 4.97. The molecule has 3 aliphatic rings. The Bertz CT molecular complexity index is 268. The molecule has 0 aliphatic heterocycles. The fraction of sp³-hybridized carbons (Fsp3) is 1.00. The molecule has 0 heterocycles. The van der Waals surface area contributed by atoms with E-state index >= 15 is 0 Å². The van der Waals surface area contributed by atoms with Gasteiger partial charge in [-0.05, 0) is 63.2 Å². The topological polar surface area (TPSA) is 21.3 Å². The zero-order valence-electron chi connectivity index (χ0n) is 11.3. The lowest BCUT2D eigenvalue weighted by atomic mass is 9.79. The summed E-state index contributed by atoms with van der Waals surface area (Å²) in [5.41, 5.74) is 0. The summed E-state index contributed by atoms with van der Waals surface area (Å²) >= 11 is 0. The smallest absolute Gasteiger partial charge is 0.0616 e. The second-order valence-electron chi connectivity index (χ2n) is 6.49. The second-order valence-corrected chi connectivity index (χ2v) is 6.49. The molecule has 3 aliphatic carbocycles. The van der Waals surface area contributed by atoms with Crippen molar-refractivity contribution in [2.24, 2.45) is 23.7 Å². The van der Waals surface area contributed by atoms with Gasteiger partial charge >= 0.3 is 0 Å². The molecule has 0 aromatic carbocycles. The highest BCUT2D eigenvalue weighted by molar-refractivity contribution is 5.05. The van der Waals surface area contributed by atoms with Crippen LogP contribution in [0.4, 0.5) is 0 Å². The predicted octanol–water partition coefficient (Wildman–Crippen LogP) is 2.83. The summed E-state index contributed by atoms with van der Waals surface area (Å²) in [6.07, 6.45) is 7.52. The maximum atomic E-state index is 5.51. The van der Waals surface area contributed by atoms with Crippen LogP contribution in [-0.4, -0.2) is 25.3 Å². The highest BCUT2D eigenvalue weighted by Gasteiger charge is 2.53. The molecule has 0 saturated heterocycles. The lowest BCUT2D eigenvalue weighted by molar-refractivity contribution is 0.112. The minimum absolute atomic E-state index is 0.527. The third-order valence-corrected chi connectivity index (χ3v) is 5.50. The van der Waals surface area contributed by atoms with Crippen molar-refractivity contribution in [2.75, 3.05) is 13.2 Å². The predicted molar refractivity (Wildman–Crippen MR) is 69.9 cm³/mol. The lowest BCUT2D eigenvalue weighted by Gasteiger charge is -2.34. The summed E-state index contributed by atoms with van der Waals surface area (Å²) in [6, 6.07) is 1.33. The number of fused-ring (bicyclic) bond motifs is 5. The van der Waals surface area contributed by atoms with Crippen LogP contribution in [0.2, 0.25) is 0 Å². The number of ether oxygens (including phenoxy) is 1. The number of hydrogen-bond acceptors (Lipinski definition) is 2. The summed E-state index contributed by atoms with van der Waals surface area (Å²) in [6.45, 7) is 6.06. The minimum atomic E-state index is 0.527. The van der Waals surface area contributed by atoms with Crippen molar-refractivity contribution in [3.63, 3.8) is 0 Å². The van der Waals surface area contributed by atoms with Crippen LogP contribution >= 0.6 is 0 Å². The average molecular weight is 237 g/mol. The first-order valence-corrected chi connectivity index (χ1v) is 7.63. The van der Waals surface area contributed by atoms with Gasteiger partial charge in [0, 0.05) is 18.7 Å². The molecule has 0 aromatic heterocycles. The monoisotopic (exact) mass is 237 g/mol. The van der Waals surface area contributed by atoms with E-state index in [1.54, 1.807) is 0 Å². The summed E-state index contributed by atoms with van der Waals surface area (Å²) in [7, 11) is 0. The number of nitrogens with one attached hydrogen (secondary N) is 1. The van der Waals surface area contributed by atoms with E-state index < -0.39 is 0 Å². The molecule has 2 heteroatoms. The first kappa shape index (κ1) is 12.0. The first-order chi connectivity index (χ1) is 8.29. The molecule has 3 fully saturated rings. The maximum Gasteiger partial charge on any atom is 0.0616 e. The maximum absolute atomic E-state index is 5.51. The molecule has 0 aromatic rings. The largest absolute Gasteiger partial charge is 0.380 e. The van der Waals surface area contributed by atoms with E-state index in [4.69, 9.17) is 4.74 Å². The van der Waals surface area contributed by atoms with E-state index in [1.807, 2.05) is 0 Å².